The van der Waals surface area contributed by atoms with Crippen molar-refractivity contribution in [1.29, 1.82) is 0 Å². The Hall–Kier alpha value is -1.89. The van der Waals surface area contributed by atoms with E-state index in [2.05, 4.69) is 45.0 Å². The van der Waals surface area contributed by atoms with Crippen LogP contribution in [0.3, 0.4) is 0 Å². The third kappa shape index (κ3) is 4.56. The van der Waals surface area contributed by atoms with Crippen molar-refractivity contribution in [1.82, 2.24) is 0 Å². The van der Waals surface area contributed by atoms with Gasteiger partial charge in [0.2, 0.25) is 0 Å². The van der Waals surface area contributed by atoms with Crippen LogP contribution in [0, 0.1) is 11.3 Å². The summed E-state index contributed by atoms with van der Waals surface area (Å²) in [5, 5.41) is 0. The van der Waals surface area contributed by atoms with Crippen LogP contribution in [-0.2, 0) is 6.42 Å². The fourth-order valence-electron chi connectivity index (χ4n) is 2.55. The molecule has 110 valence electrons. The zero-order chi connectivity index (χ0) is 15.3. The van der Waals surface area contributed by atoms with Crippen molar-refractivity contribution in [3.63, 3.8) is 0 Å². The number of carbonyl (C=O) groups excluding carboxylic acids is 1. The smallest absolute Gasteiger partial charge is 0.163 e. The van der Waals surface area contributed by atoms with Gasteiger partial charge in [0.1, 0.15) is 0 Å². The molecule has 0 N–H and O–H groups in total. The normalized spacial score (nSPS) is 12.9. The van der Waals surface area contributed by atoms with Gasteiger partial charge in [0.05, 0.1) is 0 Å². The van der Waals surface area contributed by atoms with E-state index in [0.717, 1.165) is 12.0 Å². The molecule has 0 saturated heterocycles. The lowest BCUT2D eigenvalue weighted by molar-refractivity contribution is 0.0915. The van der Waals surface area contributed by atoms with Crippen LogP contribution in [0.25, 0.3) is 0 Å². The van der Waals surface area contributed by atoms with Gasteiger partial charge >= 0.3 is 0 Å². The summed E-state index contributed by atoms with van der Waals surface area (Å²) in [6.45, 7) is 6.66. The van der Waals surface area contributed by atoms with Crippen molar-refractivity contribution in [2.45, 2.75) is 33.6 Å². The average molecular weight is 280 g/mol. The molecule has 1 unspecified atom stereocenters. The highest BCUT2D eigenvalue weighted by atomic mass is 16.1. The molecule has 2 rings (SSSR count). The first-order chi connectivity index (χ1) is 9.97. The van der Waals surface area contributed by atoms with Crippen LogP contribution in [0.5, 0.6) is 0 Å². The average Bonchev–Trinajstić information content (AvgIpc) is 2.47. The highest BCUT2D eigenvalue weighted by Crippen LogP contribution is 2.32. The van der Waals surface area contributed by atoms with Gasteiger partial charge in [-0.25, -0.2) is 0 Å². The van der Waals surface area contributed by atoms with Gasteiger partial charge in [-0.3, -0.25) is 4.79 Å². The molecule has 0 amide bonds. The molecule has 1 nitrogen and oxygen atoms in total. The number of ketones is 1. The van der Waals surface area contributed by atoms with E-state index in [1.54, 1.807) is 0 Å². The van der Waals surface area contributed by atoms with Crippen molar-refractivity contribution < 1.29 is 4.79 Å². The van der Waals surface area contributed by atoms with Gasteiger partial charge in [-0.15, -0.1) is 0 Å². The lowest BCUT2D eigenvalue weighted by Crippen LogP contribution is -2.25. The second kappa shape index (κ2) is 6.71. The summed E-state index contributed by atoms with van der Waals surface area (Å²) in [7, 11) is 0. The van der Waals surface area contributed by atoms with Crippen LogP contribution in [0.2, 0.25) is 0 Å². The van der Waals surface area contributed by atoms with Crippen LogP contribution in [0.4, 0.5) is 0 Å². The molecule has 1 heteroatoms. The molecule has 0 heterocycles. The molecule has 21 heavy (non-hydrogen) atoms. The largest absolute Gasteiger partial charge is 0.294 e. The number of benzene rings is 2. The highest BCUT2D eigenvalue weighted by Gasteiger charge is 2.27. The zero-order valence-electron chi connectivity index (χ0n) is 13.2. The summed E-state index contributed by atoms with van der Waals surface area (Å²) < 4.78 is 0. The van der Waals surface area contributed by atoms with E-state index in [4.69, 9.17) is 0 Å². The van der Waals surface area contributed by atoms with Crippen LogP contribution >= 0.6 is 0 Å². The summed E-state index contributed by atoms with van der Waals surface area (Å²) >= 11 is 0. The van der Waals surface area contributed by atoms with E-state index in [-0.39, 0.29) is 11.2 Å². The number of carbonyl (C=O) groups is 1. The maximum absolute atomic E-state index is 12.5. The molecule has 0 aliphatic heterocycles. The van der Waals surface area contributed by atoms with E-state index in [1.807, 2.05) is 36.4 Å². The van der Waals surface area contributed by atoms with Crippen LogP contribution in [0.1, 0.15) is 43.1 Å². The second-order valence-electron chi connectivity index (χ2n) is 6.75. The van der Waals surface area contributed by atoms with Gasteiger partial charge in [0.25, 0.3) is 0 Å². The lowest BCUT2D eigenvalue weighted by atomic mass is 9.74. The Bertz CT molecular complexity index is 564. The molecule has 0 aliphatic rings. The van der Waals surface area contributed by atoms with Gasteiger partial charge in [-0.05, 0) is 23.3 Å². The van der Waals surface area contributed by atoms with E-state index < -0.39 is 0 Å². The Balaban J connectivity index is 2.12. The van der Waals surface area contributed by atoms with Gasteiger partial charge < -0.3 is 0 Å². The van der Waals surface area contributed by atoms with Crippen molar-refractivity contribution in [2.24, 2.45) is 11.3 Å². The highest BCUT2D eigenvalue weighted by molar-refractivity contribution is 5.96. The van der Waals surface area contributed by atoms with Gasteiger partial charge in [0, 0.05) is 12.0 Å². The number of rotatable bonds is 5. The Morgan fingerprint density at radius 2 is 1.43 bits per heavy atom. The summed E-state index contributed by atoms with van der Waals surface area (Å²) in [5.74, 6) is 0.582. The molecule has 2 aromatic rings. The predicted octanol–water partition coefficient (Wildman–Crippen LogP) is 5.16. The van der Waals surface area contributed by atoms with E-state index in [9.17, 15) is 4.79 Å². The molecule has 0 fully saturated rings. The minimum Gasteiger partial charge on any atom is -0.294 e. The maximum Gasteiger partial charge on any atom is 0.163 e. The Labute approximate surface area is 128 Å². The number of Topliss-reactive ketones (excluding diaryl/α,β-unsaturated/α-hetero) is 1. The van der Waals surface area contributed by atoms with Crippen molar-refractivity contribution >= 4 is 5.78 Å². The maximum atomic E-state index is 12.5. The van der Waals surface area contributed by atoms with Crippen molar-refractivity contribution in [3.05, 3.63) is 71.8 Å². The molecule has 0 aliphatic carbocycles. The Morgan fingerprint density at radius 3 is 1.95 bits per heavy atom. The monoisotopic (exact) mass is 280 g/mol. The second-order valence-corrected chi connectivity index (χ2v) is 6.75. The third-order valence-corrected chi connectivity index (χ3v) is 4.08. The van der Waals surface area contributed by atoms with E-state index in [1.165, 1.54) is 5.56 Å². The van der Waals surface area contributed by atoms with E-state index in [0.29, 0.717) is 12.3 Å². The van der Waals surface area contributed by atoms with Crippen LogP contribution < -0.4 is 0 Å². The number of hydrogen-bond acceptors (Lipinski definition) is 1. The number of hydrogen-bond donors (Lipinski definition) is 0. The first-order valence-electron chi connectivity index (χ1n) is 7.59. The molecular weight excluding hydrogens is 256 g/mol. The first kappa shape index (κ1) is 15.5. The standard InChI is InChI=1S/C20H24O/c1-20(2,3)18(14-16-10-6-4-7-11-16)15-19(21)17-12-8-5-9-13-17/h4-13,18H,14-15H2,1-3H3. The minimum absolute atomic E-state index is 0.111. The fraction of sp³-hybridized carbons (Fsp3) is 0.350. The summed E-state index contributed by atoms with van der Waals surface area (Å²) in [6.07, 6.45) is 1.55. The SMILES string of the molecule is CC(C)(C)C(CC(=O)c1ccccc1)Cc1ccccc1. The third-order valence-electron chi connectivity index (χ3n) is 4.08. The van der Waals surface area contributed by atoms with Crippen LogP contribution in [-0.4, -0.2) is 5.78 Å². The Kier molecular flexibility index (Phi) is 4.95. The molecule has 0 saturated carbocycles. The zero-order valence-corrected chi connectivity index (χ0v) is 13.2. The molecule has 0 radical (unpaired) electrons. The topological polar surface area (TPSA) is 17.1 Å². The summed E-state index contributed by atoms with van der Waals surface area (Å²) in [6, 6.07) is 20.1. The van der Waals surface area contributed by atoms with Crippen molar-refractivity contribution in [2.75, 3.05) is 0 Å². The molecular formula is C20H24O. The first-order valence-corrected chi connectivity index (χ1v) is 7.59. The quantitative estimate of drug-likeness (QED) is 0.691. The van der Waals surface area contributed by atoms with Gasteiger partial charge in [-0.2, -0.15) is 0 Å². The van der Waals surface area contributed by atoms with E-state index >= 15 is 0 Å². The van der Waals surface area contributed by atoms with Gasteiger partial charge in [0.15, 0.2) is 5.78 Å². The van der Waals surface area contributed by atoms with Gasteiger partial charge in [-0.1, -0.05) is 81.4 Å². The lowest BCUT2D eigenvalue weighted by Gasteiger charge is -2.30. The van der Waals surface area contributed by atoms with Crippen LogP contribution in [0.15, 0.2) is 60.7 Å². The molecule has 2 aromatic carbocycles. The predicted molar refractivity (Wildman–Crippen MR) is 88.5 cm³/mol. The molecule has 0 aromatic heterocycles. The summed E-state index contributed by atoms with van der Waals surface area (Å²) in [4.78, 5) is 12.5. The summed E-state index contributed by atoms with van der Waals surface area (Å²) in [5.41, 5.74) is 2.23. The molecule has 0 spiro atoms. The van der Waals surface area contributed by atoms with Crippen molar-refractivity contribution in [3.8, 4) is 0 Å². The minimum atomic E-state index is 0.111. The Morgan fingerprint density at radius 1 is 0.905 bits per heavy atom. The fourth-order valence-corrected chi connectivity index (χ4v) is 2.55. The molecule has 1 atom stereocenters. The molecule has 0 bridgehead atoms.